The predicted molar refractivity (Wildman–Crippen MR) is 129 cm³/mol. The molecule has 1 unspecified atom stereocenters. The van der Waals surface area contributed by atoms with Crippen LogP contribution in [0.3, 0.4) is 0 Å². The number of Topliss-reactive ketones (excluding diaryl/α,β-unsaturated/α-hetero) is 1. The molecule has 1 aliphatic rings. The minimum atomic E-state index is -0.459. The molecule has 0 radical (unpaired) electrons. The van der Waals surface area contributed by atoms with Crippen molar-refractivity contribution in [2.75, 3.05) is 6.61 Å². The van der Waals surface area contributed by atoms with Crippen LogP contribution >= 0.6 is 0 Å². The van der Waals surface area contributed by atoms with Crippen LogP contribution in [0.5, 0.6) is 0 Å². The van der Waals surface area contributed by atoms with E-state index in [1.54, 1.807) is 12.1 Å². The van der Waals surface area contributed by atoms with Crippen molar-refractivity contribution in [3.05, 3.63) is 112 Å². The first kappa shape index (κ1) is 21.1. The van der Waals surface area contributed by atoms with Gasteiger partial charge in [-0.2, -0.15) is 0 Å². The topological polar surface area (TPSA) is 56.3 Å². The van der Waals surface area contributed by atoms with E-state index in [9.17, 15) is 9.59 Å². The van der Waals surface area contributed by atoms with Crippen molar-refractivity contribution in [1.29, 1.82) is 0 Å². The van der Waals surface area contributed by atoms with E-state index in [1.165, 1.54) is 5.56 Å². The maximum Gasteiger partial charge on any atom is 0.339 e. The van der Waals surface area contributed by atoms with Gasteiger partial charge in [0, 0.05) is 16.6 Å². The average molecular weight is 436 g/mol. The Bertz CT molecular complexity index is 1330. The summed E-state index contributed by atoms with van der Waals surface area (Å²) in [5.74, 6) is -0.348. The van der Waals surface area contributed by atoms with Crippen molar-refractivity contribution < 1.29 is 14.3 Å². The van der Waals surface area contributed by atoms with Gasteiger partial charge in [-0.15, -0.1) is 0 Å². The van der Waals surface area contributed by atoms with E-state index in [-0.39, 0.29) is 12.4 Å². The smallest absolute Gasteiger partial charge is 0.339 e. The summed E-state index contributed by atoms with van der Waals surface area (Å²) in [4.78, 5) is 30.8. The minimum Gasteiger partial charge on any atom is -0.454 e. The Kier molecular flexibility index (Phi) is 5.74. The standard InChI is InChI=1S/C29H25NO3/c1-19-11-13-21(14-12-19)27(31)18-33-29(32)28-23-9-5-6-10-25(23)30-26-16-15-22(17-24(26)28)20-7-3-2-4-8-20/h2-14,22H,15-18H2,1H3. The number of para-hydroxylation sites is 1. The van der Waals surface area contributed by atoms with E-state index in [4.69, 9.17) is 9.72 Å². The molecule has 0 saturated carbocycles. The number of carbonyl (C=O) groups excluding carboxylic acids is 2. The highest BCUT2D eigenvalue weighted by molar-refractivity contribution is 6.06. The predicted octanol–water partition coefficient (Wildman–Crippen LogP) is 5.86. The third kappa shape index (κ3) is 4.29. The summed E-state index contributed by atoms with van der Waals surface area (Å²) < 4.78 is 5.57. The zero-order valence-corrected chi connectivity index (χ0v) is 18.6. The van der Waals surface area contributed by atoms with Crippen LogP contribution < -0.4 is 0 Å². The number of aromatic nitrogens is 1. The summed E-state index contributed by atoms with van der Waals surface area (Å²) in [6.07, 6.45) is 2.53. The molecule has 1 heterocycles. The third-order valence-electron chi connectivity index (χ3n) is 6.44. The first-order valence-corrected chi connectivity index (χ1v) is 11.3. The fourth-order valence-electron chi connectivity index (χ4n) is 4.66. The number of rotatable bonds is 5. The number of hydrogen-bond donors (Lipinski definition) is 0. The van der Waals surface area contributed by atoms with Gasteiger partial charge in [-0.3, -0.25) is 9.78 Å². The van der Waals surface area contributed by atoms with Gasteiger partial charge in [0.25, 0.3) is 0 Å². The normalized spacial score (nSPS) is 15.1. The summed E-state index contributed by atoms with van der Waals surface area (Å²) in [6.45, 7) is 1.68. The number of aryl methyl sites for hydroxylation is 2. The first-order chi connectivity index (χ1) is 16.1. The van der Waals surface area contributed by atoms with Gasteiger partial charge in [0.05, 0.1) is 11.1 Å². The molecule has 33 heavy (non-hydrogen) atoms. The lowest BCUT2D eigenvalue weighted by molar-refractivity contribution is 0.0475. The monoisotopic (exact) mass is 435 g/mol. The number of ether oxygens (including phenoxy) is 1. The molecule has 164 valence electrons. The third-order valence-corrected chi connectivity index (χ3v) is 6.44. The van der Waals surface area contributed by atoms with Gasteiger partial charge in [0.1, 0.15) is 0 Å². The zero-order valence-electron chi connectivity index (χ0n) is 18.6. The lowest BCUT2D eigenvalue weighted by Crippen LogP contribution is -2.21. The highest BCUT2D eigenvalue weighted by Gasteiger charge is 2.28. The summed E-state index contributed by atoms with van der Waals surface area (Å²) in [5, 5.41) is 0.776. The maximum absolute atomic E-state index is 13.4. The molecule has 1 aliphatic carbocycles. The number of esters is 1. The Balaban J connectivity index is 1.47. The van der Waals surface area contributed by atoms with E-state index < -0.39 is 5.97 Å². The average Bonchev–Trinajstić information content (AvgIpc) is 2.86. The molecule has 1 aromatic heterocycles. The second kappa shape index (κ2) is 8.99. The molecule has 4 aromatic rings. The Morgan fingerprint density at radius 3 is 2.45 bits per heavy atom. The Morgan fingerprint density at radius 2 is 1.67 bits per heavy atom. The highest BCUT2D eigenvalue weighted by atomic mass is 16.5. The van der Waals surface area contributed by atoms with Crippen molar-refractivity contribution in [3.8, 4) is 0 Å². The molecule has 0 amide bonds. The van der Waals surface area contributed by atoms with Crippen LogP contribution in [-0.4, -0.2) is 23.3 Å². The van der Waals surface area contributed by atoms with Crippen LogP contribution in [0.4, 0.5) is 0 Å². The molecule has 0 spiro atoms. The fraction of sp³-hybridized carbons (Fsp3) is 0.207. The second-order valence-electron chi connectivity index (χ2n) is 8.64. The Morgan fingerprint density at radius 1 is 0.939 bits per heavy atom. The largest absolute Gasteiger partial charge is 0.454 e. The van der Waals surface area contributed by atoms with Crippen LogP contribution in [-0.2, 0) is 17.6 Å². The molecule has 3 aromatic carbocycles. The second-order valence-corrected chi connectivity index (χ2v) is 8.64. The number of fused-ring (bicyclic) bond motifs is 2. The quantitative estimate of drug-likeness (QED) is 0.291. The van der Waals surface area contributed by atoms with Crippen molar-refractivity contribution in [3.63, 3.8) is 0 Å². The van der Waals surface area contributed by atoms with Gasteiger partial charge in [0.15, 0.2) is 12.4 Å². The molecule has 0 N–H and O–H groups in total. The zero-order chi connectivity index (χ0) is 22.8. The van der Waals surface area contributed by atoms with Gasteiger partial charge in [-0.05, 0) is 49.3 Å². The fourth-order valence-corrected chi connectivity index (χ4v) is 4.66. The van der Waals surface area contributed by atoms with Gasteiger partial charge in [-0.1, -0.05) is 78.4 Å². The SMILES string of the molecule is Cc1ccc(C(=O)COC(=O)c2c3c(nc4ccccc24)CCC(c2ccccc2)C3)cc1. The van der Waals surface area contributed by atoms with Crippen LogP contribution in [0.15, 0.2) is 78.9 Å². The van der Waals surface area contributed by atoms with E-state index in [2.05, 4.69) is 24.3 Å². The molecule has 1 atom stereocenters. The number of benzene rings is 3. The lowest BCUT2D eigenvalue weighted by atomic mass is 9.80. The van der Waals surface area contributed by atoms with Crippen molar-refractivity contribution >= 4 is 22.7 Å². The number of carbonyl (C=O) groups is 2. The van der Waals surface area contributed by atoms with E-state index in [0.717, 1.165) is 47.0 Å². The minimum absolute atomic E-state index is 0.210. The van der Waals surface area contributed by atoms with E-state index in [1.807, 2.05) is 49.4 Å². The number of nitrogens with zero attached hydrogens (tertiary/aromatic N) is 1. The van der Waals surface area contributed by atoms with E-state index >= 15 is 0 Å². The van der Waals surface area contributed by atoms with Crippen LogP contribution in [0.1, 0.15) is 55.4 Å². The molecule has 5 rings (SSSR count). The Labute approximate surface area is 193 Å². The van der Waals surface area contributed by atoms with Crippen molar-refractivity contribution in [1.82, 2.24) is 4.98 Å². The van der Waals surface area contributed by atoms with Crippen molar-refractivity contribution in [2.24, 2.45) is 0 Å². The lowest BCUT2D eigenvalue weighted by Gasteiger charge is -2.26. The van der Waals surface area contributed by atoms with Gasteiger partial charge >= 0.3 is 5.97 Å². The van der Waals surface area contributed by atoms with Crippen LogP contribution in [0.25, 0.3) is 10.9 Å². The maximum atomic E-state index is 13.4. The van der Waals surface area contributed by atoms with Crippen LogP contribution in [0, 0.1) is 6.92 Å². The molecular weight excluding hydrogens is 410 g/mol. The van der Waals surface area contributed by atoms with Gasteiger partial charge < -0.3 is 4.74 Å². The molecule has 0 fully saturated rings. The summed E-state index contributed by atoms with van der Waals surface area (Å²) in [6, 6.07) is 25.4. The number of hydrogen-bond acceptors (Lipinski definition) is 4. The molecular formula is C29H25NO3. The molecule has 4 heteroatoms. The molecule has 0 bridgehead atoms. The van der Waals surface area contributed by atoms with Gasteiger partial charge in [0.2, 0.25) is 0 Å². The summed E-state index contributed by atoms with van der Waals surface area (Å²) in [5.41, 5.74) is 6.12. The molecule has 0 saturated heterocycles. The molecule has 0 aliphatic heterocycles. The van der Waals surface area contributed by atoms with Gasteiger partial charge in [-0.25, -0.2) is 4.79 Å². The Hall–Kier alpha value is -3.79. The van der Waals surface area contributed by atoms with Crippen molar-refractivity contribution in [2.45, 2.75) is 32.1 Å². The summed E-state index contributed by atoms with van der Waals surface area (Å²) >= 11 is 0. The highest BCUT2D eigenvalue weighted by Crippen LogP contribution is 2.36. The van der Waals surface area contributed by atoms with E-state index in [0.29, 0.717) is 17.0 Å². The van der Waals surface area contributed by atoms with Crippen LogP contribution in [0.2, 0.25) is 0 Å². The summed E-state index contributed by atoms with van der Waals surface area (Å²) in [7, 11) is 0. The first-order valence-electron chi connectivity index (χ1n) is 11.3. The number of ketones is 1. The molecule has 4 nitrogen and oxygen atoms in total. The number of pyridine rings is 1.